The van der Waals surface area contributed by atoms with Crippen LogP contribution in [0.3, 0.4) is 0 Å². The minimum Gasteiger partial charge on any atom is -0.497 e. The molecule has 0 radical (unpaired) electrons. The summed E-state index contributed by atoms with van der Waals surface area (Å²) < 4.78 is 5.13. The monoisotopic (exact) mass is 417 g/mol. The molecule has 3 aromatic carbocycles. The van der Waals surface area contributed by atoms with E-state index in [4.69, 9.17) is 4.74 Å². The first-order chi connectivity index (χ1) is 15.0. The van der Waals surface area contributed by atoms with E-state index < -0.39 is 0 Å². The number of rotatable bonds is 8. The molecule has 0 bridgehead atoms. The average Bonchev–Trinajstić information content (AvgIpc) is 2.78. The number of benzene rings is 3. The van der Waals surface area contributed by atoms with E-state index >= 15 is 0 Å². The van der Waals surface area contributed by atoms with Crippen LogP contribution in [0.25, 0.3) is 0 Å². The van der Waals surface area contributed by atoms with Gasteiger partial charge in [-0.1, -0.05) is 36.4 Å². The molecule has 0 saturated heterocycles. The quantitative estimate of drug-likeness (QED) is 0.503. The number of methoxy groups -OCH3 is 1. The van der Waals surface area contributed by atoms with Crippen molar-refractivity contribution in [3.63, 3.8) is 0 Å². The second-order valence-electron chi connectivity index (χ2n) is 7.24. The zero-order chi connectivity index (χ0) is 22.2. The molecule has 6 heteroatoms. The van der Waals surface area contributed by atoms with Gasteiger partial charge in [-0.3, -0.25) is 9.59 Å². The second kappa shape index (κ2) is 10.4. The second-order valence-corrected chi connectivity index (χ2v) is 7.24. The van der Waals surface area contributed by atoms with E-state index in [9.17, 15) is 9.59 Å². The molecule has 0 aromatic heterocycles. The van der Waals surface area contributed by atoms with Crippen LogP contribution >= 0.6 is 0 Å². The summed E-state index contributed by atoms with van der Waals surface area (Å²) in [6.07, 6.45) is 0. The van der Waals surface area contributed by atoms with Crippen LogP contribution in [-0.4, -0.2) is 25.5 Å². The van der Waals surface area contributed by atoms with E-state index in [1.807, 2.05) is 38.1 Å². The number of carbonyl (C=O) groups excluding carboxylic acids is 2. The van der Waals surface area contributed by atoms with Gasteiger partial charge in [0.2, 0.25) is 5.91 Å². The van der Waals surface area contributed by atoms with Crippen molar-refractivity contribution in [1.82, 2.24) is 5.32 Å². The van der Waals surface area contributed by atoms with Crippen LogP contribution in [0.4, 0.5) is 11.4 Å². The minimum absolute atomic E-state index is 0.0283. The summed E-state index contributed by atoms with van der Waals surface area (Å²) in [6, 6.07) is 22.1. The van der Waals surface area contributed by atoms with Gasteiger partial charge in [-0.05, 0) is 61.4 Å². The van der Waals surface area contributed by atoms with E-state index in [1.165, 1.54) is 5.56 Å². The fourth-order valence-electron chi connectivity index (χ4n) is 3.29. The molecule has 0 fully saturated rings. The highest BCUT2D eigenvalue weighted by Crippen LogP contribution is 2.20. The van der Waals surface area contributed by atoms with Crippen LogP contribution in [0.1, 0.15) is 34.5 Å². The Balaban J connectivity index is 1.62. The fraction of sp³-hybridized carbons (Fsp3) is 0.200. The molecule has 160 valence electrons. The zero-order valence-electron chi connectivity index (χ0n) is 17.9. The van der Waals surface area contributed by atoms with E-state index in [1.54, 1.807) is 55.6 Å². The van der Waals surface area contributed by atoms with Gasteiger partial charge >= 0.3 is 0 Å². The number of ether oxygens (including phenoxy) is 1. The Labute approximate surface area is 182 Å². The van der Waals surface area contributed by atoms with Crippen LogP contribution in [0.2, 0.25) is 0 Å². The molecule has 1 atom stereocenters. The van der Waals surface area contributed by atoms with Crippen molar-refractivity contribution in [1.29, 1.82) is 0 Å². The van der Waals surface area contributed by atoms with Crippen molar-refractivity contribution in [2.24, 2.45) is 0 Å². The first-order valence-electron chi connectivity index (χ1n) is 10.1. The lowest BCUT2D eigenvalue weighted by molar-refractivity contribution is -0.115. The molecule has 0 heterocycles. The fourth-order valence-corrected chi connectivity index (χ4v) is 3.29. The van der Waals surface area contributed by atoms with Gasteiger partial charge in [-0.25, -0.2) is 0 Å². The van der Waals surface area contributed by atoms with Gasteiger partial charge in [0.1, 0.15) is 5.75 Å². The van der Waals surface area contributed by atoms with Crippen LogP contribution < -0.4 is 20.7 Å². The van der Waals surface area contributed by atoms with Gasteiger partial charge in [0.05, 0.1) is 24.9 Å². The number of hydrogen-bond donors (Lipinski definition) is 3. The van der Waals surface area contributed by atoms with Crippen LogP contribution in [0.15, 0.2) is 72.8 Å². The zero-order valence-corrected chi connectivity index (χ0v) is 17.9. The average molecular weight is 418 g/mol. The summed E-state index contributed by atoms with van der Waals surface area (Å²) >= 11 is 0. The number of anilines is 2. The minimum atomic E-state index is -0.303. The van der Waals surface area contributed by atoms with Crippen molar-refractivity contribution < 1.29 is 14.3 Å². The number of amides is 2. The molecule has 2 amide bonds. The van der Waals surface area contributed by atoms with Gasteiger partial charge in [0, 0.05) is 11.7 Å². The Bertz CT molecular complexity index is 1050. The molecule has 3 rings (SSSR count). The third-order valence-electron chi connectivity index (χ3n) is 5.02. The van der Waals surface area contributed by atoms with Crippen LogP contribution in [0, 0.1) is 6.92 Å². The Morgan fingerprint density at radius 1 is 0.903 bits per heavy atom. The normalized spacial score (nSPS) is 11.5. The summed E-state index contributed by atoms with van der Waals surface area (Å²) in [7, 11) is 1.59. The summed E-state index contributed by atoms with van der Waals surface area (Å²) in [5.41, 5.74) is 3.81. The Kier molecular flexibility index (Phi) is 7.40. The van der Waals surface area contributed by atoms with Crippen molar-refractivity contribution in [3.05, 3.63) is 89.5 Å². The topological polar surface area (TPSA) is 79.5 Å². The number of aryl methyl sites for hydroxylation is 1. The first-order valence-corrected chi connectivity index (χ1v) is 10.1. The Morgan fingerprint density at radius 2 is 1.58 bits per heavy atom. The van der Waals surface area contributed by atoms with Crippen molar-refractivity contribution in [3.8, 4) is 5.75 Å². The molecule has 3 aromatic rings. The highest BCUT2D eigenvalue weighted by atomic mass is 16.5. The maximum atomic E-state index is 12.8. The molecule has 0 aliphatic carbocycles. The van der Waals surface area contributed by atoms with Gasteiger partial charge in [-0.2, -0.15) is 0 Å². The Hall–Kier alpha value is -3.64. The first kappa shape index (κ1) is 22.1. The largest absolute Gasteiger partial charge is 0.497 e. The lowest BCUT2D eigenvalue weighted by Crippen LogP contribution is -2.31. The smallest absolute Gasteiger partial charge is 0.257 e. The molecule has 0 spiro atoms. The number of hydrogen-bond acceptors (Lipinski definition) is 4. The molecular weight excluding hydrogens is 390 g/mol. The third-order valence-corrected chi connectivity index (χ3v) is 5.02. The maximum absolute atomic E-state index is 12.8. The van der Waals surface area contributed by atoms with Crippen LogP contribution in [-0.2, 0) is 4.79 Å². The van der Waals surface area contributed by atoms with Crippen molar-refractivity contribution in [2.45, 2.75) is 19.9 Å². The third kappa shape index (κ3) is 5.93. The highest BCUT2D eigenvalue weighted by Gasteiger charge is 2.15. The molecule has 0 aliphatic heterocycles. The molecule has 6 nitrogen and oxygen atoms in total. The van der Waals surface area contributed by atoms with Gasteiger partial charge < -0.3 is 20.7 Å². The predicted molar refractivity (Wildman–Crippen MR) is 124 cm³/mol. The predicted octanol–water partition coefficient (Wildman–Crippen LogP) is 4.55. The van der Waals surface area contributed by atoms with E-state index in [2.05, 4.69) is 16.0 Å². The number of nitrogens with one attached hydrogen (secondary N) is 3. The highest BCUT2D eigenvalue weighted by molar-refractivity contribution is 6.10. The summed E-state index contributed by atoms with van der Waals surface area (Å²) in [6.45, 7) is 4.20. The van der Waals surface area contributed by atoms with Gasteiger partial charge in [0.15, 0.2) is 0 Å². The lowest BCUT2D eigenvalue weighted by Gasteiger charge is -2.17. The van der Waals surface area contributed by atoms with E-state index in [0.717, 1.165) is 5.56 Å². The molecule has 0 aliphatic rings. The molecule has 31 heavy (non-hydrogen) atoms. The molecule has 0 unspecified atom stereocenters. The summed E-state index contributed by atoms with van der Waals surface area (Å²) in [5.74, 6) is 0.186. The Morgan fingerprint density at radius 3 is 2.29 bits per heavy atom. The van der Waals surface area contributed by atoms with Gasteiger partial charge in [0.25, 0.3) is 5.91 Å². The molecule has 0 saturated carbocycles. The van der Waals surface area contributed by atoms with Crippen LogP contribution in [0.5, 0.6) is 5.75 Å². The van der Waals surface area contributed by atoms with E-state index in [0.29, 0.717) is 22.7 Å². The van der Waals surface area contributed by atoms with Crippen molar-refractivity contribution >= 4 is 23.2 Å². The summed E-state index contributed by atoms with van der Waals surface area (Å²) in [5, 5.41) is 8.91. The standard InChI is InChI=1S/C25H27N3O3/c1-17-8-4-5-9-21(17)18(2)26-16-24(29)28-23-11-7-6-10-22(23)25(30)27-19-12-14-20(31-3)15-13-19/h4-15,18,26H,16H2,1-3H3,(H,27,30)(H,28,29)/t18-/m0/s1. The van der Waals surface area contributed by atoms with E-state index in [-0.39, 0.29) is 24.4 Å². The summed E-state index contributed by atoms with van der Waals surface area (Å²) in [4.78, 5) is 25.3. The number of para-hydroxylation sites is 1. The lowest BCUT2D eigenvalue weighted by atomic mass is 10.0. The maximum Gasteiger partial charge on any atom is 0.257 e. The molecular formula is C25H27N3O3. The SMILES string of the molecule is COc1ccc(NC(=O)c2ccccc2NC(=O)CN[C@@H](C)c2ccccc2C)cc1. The van der Waals surface area contributed by atoms with Crippen molar-refractivity contribution in [2.75, 3.05) is 24.3 Å². The molecule has 3 N–H and O–H groups in total. The number of carbonyl (C=O) groups is 2. The van der Waals surface area contributed by atoms with Gasteiger partial charge in [-0.15, -0.1) is 0 Å².